The summed E-state index contributed by atoms with van der Waals surface area (Å²) in [6.45, 7) is 5.18. The van der Waals surface area contributed by atoms with Crippen LogP contribution in [0.25, 0.3) is 0 Å². The van der Waals surface area contributed by atoms with Crippen molar-refractivity contribution in [3.05, 3.63) is 29.8 Å². The number of rotatable bonds is 1. The van der Waals surface area contributed by atoms with Crippen molar-refractivity contribution in [3.8, 4) is 0 Å². The highest BCUT2D eigenvalue weighted by Gasteiger charge is 2.48. The van der Waals surface area contributed by atoms with Crippen molar-refractivity contribution in [2.24, 2.45) is 0 Å². The number of fused-ring (bicyclic) bond motifs is 2. The largest absolute Gasteiger partial charge is 0.325 e. The summed E-state index contributed by atoms with van der Waals surface area (Å²) in [6, 6.07) is 8.13. The maximum atomic E-state index is 12.3. The lowest BCUT2D eigenvalue weighted by Crippen LogP contribution is -2.49. The molecule has 2 aliphatic rings. The standard InChI is InChI=1S/C14H18N2O/c1-2-16-9-5-8-14(10-16)11-6-3-4-7-12(11)15-13(14)17/h3-4,6-7H,2,5,8-10H2,1H3,(H,15,17). The van der Waals surface area contributed by atoms with Crippen molar-refractivity contribution in [2.45, 2.75) is 25.2 Å². The molecule has 0 bridgehead atoms. The zero-order chi connectivity index (χ0) is 11.9. The molecule has 0 radical (unpaired) electrons. The summed E-state index contributed by atoms with van der Waals surface area (Å²) in [7, 11) is 0. The monoisotopic (exact) mass is 230 g/mol. The minimum atomic E-state index is -0.287. The Morgan fingerprint density at radius 2 is 2.24 bits per heavy atom. The number of hydrogen-bond donors (Lipinski definition) is 1. The number of anilines is 1. The summed E-state index contributed by atoms with van der Waals surface area (Å²) in [5.74, 6) is 0.192. The third kappa shape index (κ3) is 1.49. The summed E-state index contributed by atoms with van der Waals surface area (Å²) in [6.07, 6.45) is 2.09. The summed E-state index contributed by atoms with van der Waals surface area (Å²) in [5, 5.41) is 3.04. The van der Waals surface area contributed by atoms with E-state index in [2.05, 4.69) is 23.2 Å². The van der Waals surface area contributed by atoms with Crippen molar-refractivity contribution in [3.63, 3.8) is 0 Å². The fourth-order valence-corrected chi connectivity index (χ4v) is 3.19. The van der Waals surface area contributed by atoms with Gasteiger partial charge in [0.05, 0.1) is 5.41 Å². The minimum absolute atomic E-state index is 0.192. The molecular weight excluding hydrogens is 212 g/mol. The Balaban J connectivity index is 2.04. The third-order valence-electron chi connectivity index (χ3n) is 4.14. The van der Waals surface area contributed by atoms with Gasteiger partial charge in [0, 0.05) is 12.2 Å². The number of hydrogen-bond acceptors (Lipinski definition) is 2. The zero-order valence-corrected chi connectivity index (χ0v) is 10.2. The zero-order valence-electron chi connectivity index (χ0n) is 10.2. The predicted molar refractivity (Wildman–Crippen MR) is 68.1 cm³/mol. The lowest BCUT2D eigenvalue weighted by molar-refractivity contribution is -0.122. The van der Waals surface area contributed by atoms with Crippen molar-refractivity contribution in [1.82, 2.24) is 4.90 Å². The number of carbonyl (C=O) groups excluding carboxylic acids is 1. The molecule has 2 aliphatic heterocycles. The average molecular weight is 230 g/mol. The second kappa shape index (κ2) is 3.84. The fraction of sp³-hybridized carbons (Fsp3) is 0.500. The van der Waals surface area contributed by atoms with Gasteiger partial charge in [0.25, 0.3) is 0 Å². The van der Waals surface area contributed by atoms with Gasteiger partial charge in [0.15, 0.2) is 0 Å². The molecule has 0 aromatic heterocycles. The molecule has 3 nitrogen and oxygen atoms in total. The number of carbonyl (C=O) groups is 1. The number of piperidine rings is 1. The molecule has 0 saturated carbocycles. The SMILES string of the molecule is CCN1CCCC2(C1)C(=O)Nc1ccccc12. The first-order valence-electron chi connectivity index (χ1n) is 6.39. The van der Waals surface area contributed by atoms with Crippen LogP contribution in [0.5, 0.6) is 0 Å². The van der Waals surface area contributed by atoms with E-state index in [1.165, 1.54) is 5.56 Å². The average Bonchev–Trinajstić information content (AvgIpc) is 2.63. The van der Waals surface area contributed by atoms with Gasteiger partial charge < -0.3 is 10.2 Å². The van der Waals surface area contributed by atoms with Crippen LogP contribution in [0.15, 0.2) is 24.3 Å². The van der Waals surface area contributed by atoms with Crippen LogP contribution >= 0.6 is 0 Å². The highest BCUT2D eigenvalue weighted by molar-refractivity contribution is 6.06. The van der Waals surface area contributed by atoms with E-state index < -0.39 is 0 Å². The Morgan fingerprint density at radius 1 is 1.41 bits per heavy atom. The Morgan fingerprint density at radius 3 is 3.06 bits per heavy atom. The Hall–Kier alpha value is -1.35. The first-order chi connectivity index (χ1) is 8.26. The van der Waals surface area contributed by atoms with Gasteiger partial charge in [0.1, 0.15) is 0 Å². The maximum Gasteiger partial charge on any atom is 0.236 e. The van der Waals surface area contributed by atoms with Crippen molar-refractivity contribution >= 4 is 11.6 Å². The van der Waals surface area contributed by atoms with Crippen LogP contribution in [-0.2, 0) is 10.2 Å². The van der Waals surface area contributed by atoms with Gasteiger partial charge in [-0.1, -0.05) is 25.1 Å². The van der Waals surface area contributed by atoms with Gasteiger partial charge in [-0.15, -0.1) is 0 Å². The smallest absolute Gasteiger partial charge is 0.236 e. The van der Waals surface area contributed by atoms with Gasteiger partial charge >= 0.3 is 0 Å². The molecule has 1 spiro atoms. The molecule has 3 rings (SSSR count). The maximum absolute atomic E-state index is 12.3. The van der Waals surface area contributed by atoms with Crippen LogP contribution in [-0.4, -0.2) is 30.4 Å². The van der Waals surface area contributed by atoms with Gasteiger partial charge in [-0.25, -0.2) is 0 Å². The summed E-state index contributed by atoms with van der Waals surface area (Å²) in [4.78, 5) is 14.7. The molecule has 1 atom stereocenters. The highest BCUT2D eigenvalue weighted by atomic mass is 16.2. The lowest BCUT2D eigenvalue weighted by Gasteiger charge is -2.38. The third-order valence-corrected chi connectivity index (χ3v) is 4.14. The molecule has 2 heterocycles. The first-order valence-corrected chi connectivity index (χ1v) is 6.39. The van der Waals surface area contributed by atoms with Gasteiger partial charge in [0.2, 0.25) is 5.91 Å². The van der Waals surface area contributed by atoms with Crippen LogP contribution in [0, 0.1) is 0 Å². The number of para-hydroxylation sites is 1. The number of likely N-dealkylation sites (tertiary alicyclic amines) is 1. The molecule has 1 unspecified atom stereocenters. The van der Waals surface area contributed by atoms with Crippen LogP contribution < -0.4 is 5.32 Å². The van der Waals surface area contributed by atoms with Crippen LogP contribution in [0.4, 0.5) is 5.69 Å². The number of nitrogens with zero attached hydrogens (tertiary/aromatic N) is 1. The number of amides is 1. The van der Waals surface area contributed by atoms with Gasteiger partial charge in [-0.3, -0.25) is 4.79 Å². The molecule has 90 valence electrons. The lowest BCUT2D eigenvalue weighted by atomic mass is 9.75. The summed E-state index contributed by atoms with van der Waals surface area (Å²) < 4.78 is 0. The molecule has 0 aliphatic carbocycles. The number of likely N-dealkylation sites (N-methyl/N-ethyl adjacent to an activating group) is 1. The van der Waals surface area contributed by atoms with E-state index in [-0.39, 0.29) is 11.3 Å². The second-order valence-electron chi connectivity index (χ2n) is 5.05. The van der Waals surface area contributed by atoms with E-state index in [1.807, 2.05) is 18.2 Å². The van der Waals surface area contributed by atoms with Crippen LogP contribution in [0.1, 0.15) is 25.3 Å². The Kier molecular flexibility index (Phi) is 2.44. The van der Waals surface area contributed by atoms with Crippen LogP contribution in [0.2, 0.25) is 0 Å². The second-order valence-corrected chi connectivity index (χ2v) is 5.05. The molecule has 1 fully saturated rings. The van der Waals surface area contributed by atoms with E-state index in [4.69, 9.17) is 0 Å². The molecule has 1 amide bonds. The van der Waals surface area contributed by atoms with E-state index in [9.17, 15) is 4.79 Å². The van der Waals surface area contributed by atoms with E-state index in [1.54, 1.807) is 0 Å². The van der Waals surface area contributed by atoms with Crippen LogP contribution in [0.3, 0.4) is 0 Å². The molecular formula is C14H18N2O. The van der Waals surface area contributed by atoms with Crippen molar-refractivity contribution in [2.75, 3.05) is 25.0 Å². The van der Waals surface area contributed by atoms with Gasteiger partial charge in [-0.2, -0.15) is 0 Å². The predicted octanol–water partition coefficient (Wildman–Crippen LogP) is 1.99. The minimum Gasteiger partial charge on any atom is -0.325 e. The fourth-order valence-electron chi connectivity index (χ4n) is 3.19. The summed E-state index contributed by atoms with van der Waals surface area (Å²) in [5.41, 5.74) is 1.92. The molecule has 1 N–H and O–H groups in total. The van der Waals surface area contributed by atoms with E-state index in [0.717, 1.165) is 38.2 Å². The Bertz CT molecular complexity index is 457. The molecule has 1 aromatic rings. The van der Waals surface area contributed by atoms with Crippen molar-refractivity contribution < 1.29 is 4.79 Å². The quantitative estimate of drug-likeness (QED) is 0.800. The van der Waals surface area contributed by atoms with E-state index in [0.29, 0.717) is 0 Å². The molecule has 17 heavy (non-hydrogen) atoms. The summed E-state index contributed by atoms with van der Waals surface area (Å²) >= 11 is 0. The first kappa shape index (κ1) is 10.8. The number of nitrogens with one attached hydrogen (secondary N) is 1. The molecule has 3 heteroatoms. The molecule has 1 saturated heterocycles. The Labute approximate surface area is 102 Å². The topological polar surface area (TPSA) is 32.3 Å². The van der Waals surface area contributed by atoms with Crippen molar-refractivity contribution in [1.29, 1.82) is 0 Å². The molecule has 1 aromatic carbocycles. The normalized spacial score (nSPS) is 28.2. The van der Waals surface area contributed by atoms with E-state index >= 15 is 0 Å². The number of benzene rings is 1. The van der Waals surface area contributed by atoms with Gasteiger partial charge in [-0.05, 0) is 37.6 Å². The highest BCUT2D eigenvalue weighted by Crippen LogP contribution is 2.43.